The van der Waals surface area contributed by atoms with Crippen LogP contribution < -0.4 is 0 Å². The van der Waals surface area contributed by atoms with Crippen molar-refractivity contribution in [2.75, 3.05) is 0 Å². The summed E-state index contributed by atoms with van der Waals surface area (Å²) < 4.78 is 1.98. The lowest BCUT2D eigenvalue weighted by atomic mass is 10.1. The monoisotopic (exact) mass is 238 g/mol. The summed E-state index contributed by atoms with van der Waals surface area (Å²) in [5.41, 5.74) is 2.22. The average molecular weight is 238 g/mol. The zero-order chi connectivity index (χ0) is 12.5. The minimum Gasteiger partial charge on any atom is -0.478 e. The fourth-order valence-corrected chi connectivity index (χ4v) is 2.00. The molecule has 88 valence electrons. The normalized spacial score (nSPS) is 10.7. The fourth-order valence-electron chi connectivity index (χ4n) is 2.00. The van der Waals surface area contributed by atoms with Gasteiger partial charge in [0.15, 0.2) is 0 Å². The molecule has 0 saturated heterocycles. The van der Waals surface area contributed by atoms with Gasteiger partial charge in [-0.3, -0.25) is 4.98 Å². The molecule has 1 N–H and O–H groups in total. The molecule has 3 aromatic rings. The first-order valence-corrected chi connectivity index (χ1v) is 5.50. The van der Waals surface area contributed by atoms with E-state index in [2.05, 4.69) is 4.98 Å². The Morgan fingerprint density at radius 2 is 2.11 bits per heavy atom. The van der Waals surface area contributed by atoms with Crippen LogP contribution in [0.2, 0.25) is 0 Å². The molecule has 0 bridgehead atoms. The minimum absolute atomic E-state index is 0.298. The van der Waals surface area contributed by atoms with Gasteiger partial charge in [-0.15, -0.1) is 0 Å². The summed E-state index contributed by atoms with van der Waals surface area (Å²) in [4.78, 5) is 15.0. The van der Waals surface area contributed by atoms with Gasteiger partial charge in [-0.2, -0.15) is 0 Å². The maximum Gasteiger partial charge on any atom is 0.335 e. The van der Waals surface area contributed by atoms with Gasteiger partial charge >= 0.3 is 5.97 Å². The second kappa shape index (κ2) is 4.00. The zero-order valence-corrected chi connectivity index (χ0v) is 9.45. The molecule has 0 radical (unpaired) electrons. The number of benzene rings is 1. The van der Waals surface area contributed by atoms with Crippen LogP contribution in [0.25, 0.3) is 16.6 Å². The van der Waals surface area contributed by atoms with Gasteiger partial charge in [0.1, 0.15) is 0 Å². The van der Waals surface area contributed by atoms with E-state index in [-0.39, 0.29) is 0 Å². The van der Waals surface area contributed by atoms with Crippen LogP contribution in [0.3, 0.4) is 0 Å². The highest BCUT2D eigenvalue weighted by Gasteiger charge is 2.07. The molecule has 0 saturated carbocycles. The molecule has 0 atom stereocenters. The van der Waals surface area contributed by atoms with E-state index in [9.17, 15) is 4.79 Å². The highest BCUT2D eigenvalue weighted by molar-refractivity contribution is 5.94. The van der Waals surface area contributed by atoms with E-state index in [4.69, 9.17) is 5.11 Å². The van der Waals surface area contributed by atoms with Crippen molar-refractivity contribution in [1.29, 1.82) is 0 Å². The lowest BCUT2D eigenvalue weighted by Gasteiger charge is -2.04. The lowest BCUT2D eigenvalue weighted by molar-refractivity contribution is 0.0697. The smallest absolute Gasteiger partial charge is 0.335 e. The standard InChI is InChI=1S/C14H10N2O2/c17-14(18)11-3-4-13-10(8-11)5-7-16(13)12-2-1-6-15-9-12/h1-9H,(H,17,18). The molecule has 4 nitrogen and oxygen atoms in total. The predicted octanol–water partition coefficient (Wildman–Crippen LogP) is 2.72. The van der Waals surface area contributed by atoms with Crippen LogP contribution in [0, 0.1) is 0 Å². The summed E-state index contributed by atoms with van der Waals surface area (Å²) >= 11 is 0. The van der Waals surface area contributed by atoms with Crippen molar-refractivity contribution >= 4 is 16.9 Å². The molecule has 0 fully saturated rings. The Morgan fingerprint density at radius 1 is 1.22 bits per heavy atom. The highest BCUT2D eigenvalue weighted by atomic mass is 16.4. The summed E-state index contributed by atoms with van der Waals surface area (Å²) in [6, 6.07) is 10.8. The predicted molar refractivity (Wildman–Crippen MR) is 68.0 cm³/mol. The maximum absolute atomic E-state index is 10.9. The fraction of sp³-hybridized carbons (Fsp3) is 0. The van der Waals surface area contributed by atoms with E-state index < -0.39 is 5.97 Å². The number of aromatic carboxylic acids is 1. The highest BCUT2D eigenvalue weighted by Crippen LogP contribution is 2.21. The molecule has 3 rings (SSSR count). The van der Waals surface area contributed by atoms with E-state index in [0.29, 0.717) is 5.56 Å². The first-order valence-electron chi connectivity index (χ1n) is 5.50. The maximum atomic E-state index is 10.9. The van der Waals surface area contributed by atoms with Gasteiger partial charge in [0.05, 0.1) is 23.0 Å². The third kappa shape index (κ3) is 1.64. The molecule has 4 heteroatoms. The van der Waals surface area contributed by atoms with Crippen LogP contribution in [0.15, 0.2) is 55.0 Å². The number of fused-ring (bicyclic) bond motifs is 1. The number of rotatable bonds is 2. The molecular weight excluding hydrogens is 228 g/mol. The molecule has 0 aliphatic heterocycles. The summed E-state index contributed by atoms with van der Waals surface area (Å²) in [6.07, 6.45) is 5.40. The van der Waals surface area contributed by atoms with Gasteiger partial charge in [0.2, 0.25) is 0 Å². The molecular formula is C14H10N2O2. The molecule has 1 aromatic carbocycles. The second-order valence-corrected chi connectivity index (χ2v) is 3.98. The third-order valence-corrected chi connectivity index (χ3v) is 2.86. The number of hydrogen-bond acceptors (Lipinski definition) is 2. The van der Waals surface area contributed by atoms with Crippen LogP contribution in [-0.2, 0) is 0 Å². The number of nitrogens with zero attached hydrogens (tertiary/aromatic N) is 2. The van der Waals surface area contributed by atoms with Crippen molar-refractivity contribution in [3.8, 4) is 5.69 Å². The Kier molecular flexibility index (Phi) is 2.34. The first-order chi connectivity index (χ1) is 8.75. The molecule has 0 aliphatic carbocycles. The largest absolute Gasteiger partial charge is 0.478 e. The van der Waals surface area contributed by atoms with Crippen LogP contribution in [-0.4, -0.2) is 20.6 Å². The lowest BCUT2D eigenvalue weighted by Crippen LogP contribution is -1.96. The van der Waals surface area contributed by atoms with Crippen LogP contribution >= 0.6 is 0 Å². The van der Waals surface area contributed by atoms with Gasteiger partial charge in [-0.25, -0.2) is 4.79 Å². The number of pyridine rings is 1. The van der Waals surface area contributed by atoms with Crippen molar-refractivity contribution < 1.29 is 9.90 Å². The molecule has 2 heterocycles. The molecule has 2 aromatic heterocycles. The Bertz CT molecular complexity index is 717. The van der Waals surface area contributed by atoms with Gasteiger partial charge in [-0.1, -0.05) is 0 Å². The van der Waals surface area contributed by atoms with E-state index >= 15 is 0 Å². The molecule has 0 amide bonds. The topological polar surface area (TPSA) is 55.1 Å². The molecule has 0 spiro atoms. The van der Waals surface area contributed by atoms with Crippen LogP contribution in [0.1, 0.15) is 10.4 Å². The van der Waals surface area contributed by atoms with Gasteiger partial charge in [-0.05, 0) is 36.4 Å². The number of aromatic nitrogens is 2. The van der Waals surface area contributed by atoms with Crippen molar-refractivity contribution in [3.63, 3.8) is 0 Å². The summed E-state index contributed by atoms with van der Waals surface area (Å²) in [5, 5.41) is 9.85. The van der Waals surface area contributed by atoms with Gasteiger partial charge in [0.25, 0.3) is 0 Å². The average Bonchev–Trinajstić information content (AvgIpc) is 2.82. The number of hydrogen-bond donors (Lipinski definition) is 1. The second-order valence-electron chi connectivity index (χ2n) is 3.98. The number of carboxylic acids is 1. The SMILES string of the molecule is O=C(O)c1ccc2c(ccn2-c2cccnc2)c1. The Labute approximate surface area is 103 Å². The zero-order valence-electron chi connectivity index (χ0n) is 9.45. The van der Waals surface area contributed by atoms with Crippen molar-refractivity contribution in [2.24, 2.45) is 0 Å². The number of carboxylic acid groups (broad SMARTS) is 1. The van der Waals surface area contributed by atoms with Gasteiger partial charge in [0, 0.05) is 17.8 Å². The van der Waals surface area contributed by atoms with Crippen LogP contribution in [0.4, 0.5) is 0 Å². The summed E-state index contributed by atoms with van der Waals surface area (Å²) in [5.74, 6) is -0.911. The Morgan fingerprint density at radius 3 is 2.83 bits per heavy atom. The quantitative estimate of drug-likeness (QED) is 0.746. The first kappa shape index (κ1) is 10.5. The molecule has 18 heavy (non-hydrogen) atoms. The minimum atomic E-state index is -0.911. The van der Waals surface area contributed by atoms with E-state index in [1.54, 1.807) is 24.5 Å². The van der Waals surface area contributed by atoms with E-state index in [0.717, 1.165) is 16.6 Å². The summed E-state index contributed by atoms with van der Waals surface area (Å²) in [6.45, 7) is 0. The third-order valence-electron chi connectivity index (χ3n) is 2.86. The van der Waals surface area contributed by atoms with Crippen molar-refractivity contribution in [2.45, 2.75) is 0 Å². The van der Waals surface area contributed by atoms with Crippen molar-refractivity contribution in [3.05, 3.63) is 60.6 Å². The van der Waals surface area contributed by atoms with Crippen LogP contribution in [0.5, 0.6) is 0 Å². The molecule has 0 aliphatic rings. The van der Waals surface area contributed by atoms with Crippen molar-refractivity contribution in [1.82, 2.24) is 9.55 Å². The van der Waals surface area contributed by atoms with E-state index in [1.165, 1.54) is 0 Å². The molecule has 0 unspecified atom stereocenters. The Hall–Kier alpha value is -2.62. The Balaban J connectivity index is 2.19. The number of carbonyl (C=O) groups is 1. The summed E-state index contributed by atoms with van der Waals surface area (Å²) in [7, 11) is 0. The van der Waals surface area contributed by atoms with Gasteiger partial charge < -0.3 is 9.67 Å². The van der Waals surface area contributed by atoms with E-state index in [1.807, 2.05) is 35.0 Å².